The molecule has 2 aromatic rings. The van der Waals surface area contributed by atoms with Gasteiger partial charge in [-0.25, -0.2) is 0 Å². The van der Waals surface area contributed by atoms with Crippen molar-refractivity contribution in [2.45, 2.75) is 32.6 Å². The highest BCUT2D eigenvalue weighted by molar-refractivity contribution is 5.91. The highest BCUT2D eigenvalue weighted by Crippen LogP contribution is 2.12. The maximum absolute atomic E-state index is 10.9. The number of benzene rings is 2. The maximum Gasteiger partial charge on any atom is 0.250 e. The monoisotopic (exact) mass is 328 g/mol. The normalized spacial score (nSPS) is 9.79. The molecule has 0 fully saturated rings. The van der Waals surface area contributed by atoms with Crippen molar-refractivity contribution in [1.29, 1.82) is 0 Å². The number of carbonyl (C=O) groups is 1. The second kappa shape index (κ2) is 12.3. The van der Waals surface area contributed by atoms with Gasteiger partial charge in [0.2, 0.25) is 5.91 Å². The molecule has 2 aromatic carbocycles. The summed E-state index contributed by atoms with van der Waals surface area (Å²) in [4.78, 5) is 10.9. The Morgan fingerprint density at radius 3 is 2.38 bits per heavy atom. The number of nitrogens with two attached hydrogens (primary N) is 1. The van der Waals surface area contributed by atoms with E-state index in [1.165, 1.54) is 11.1 Å². The van der Waals surface area contributed by atoms with Crippen LogP contribution in [-0.2, 0) is 17.6 Å². The fraction of sp³-hybridized carbons (Fsp3) is 0.350. The average molecular weight is 328 g/mol. The molecule has 0 saturated heterocycles. The largest absolute Gasteiger partial charge is 0.387 e. The molecule has 0 heterocycles. The quantitative estimate of drug-likeness (QED) is 0.731. The van der Waals surface area contributed by atoms with Crippen LogP contribution in [0.1, 0.15) is 30.9 Å². The van der Waals surface area contributed by atoms with Crippen LogP contribution in [0.2, 0.25) is 0 Å². The third-order valence-corrected chi connectivity index (χ3v) is 3.45. The van der Waals surface area contributed by atoms with E-state index < -0.39 is 6.61 Å². The fourth-order valence-electron chi connectivity index (χ4n) is 2.20. The van der Waals surface area contributed by atoms with Gasteiger partial charge in [0.05, 0.1) is 0 Å². The number of aliphatic hydroxyl groups excluding tert-OH is 1. The molecule has 0 unspecified atom stereocenters. The average Bonchev–Trinajstić information content (AvgIpc) is 2.62. The van der Waals surface area contributed by atoms with E-state index in [-0.39, 0.29) is 5.91 Å². The molecule has 1 amide bonds. The van der Waals surface area contributed by atoms with E-state index in [0.29, 0.717) is 0 Å². The van der Waals surface area contributed by atoms with Crippen molar-refractivity contribution in [1.82, 2.24) is 0 Å². The molecule has 0 atom stereocenters. The Morgan fingerprint density at radius 2 is 1.75 bits per heavy atom. The molecule has 0 bridgehead atoms. The SMILES string of the molecule is CCCCc1cccc(NC(=O)CO)c1.NCCc1ccccc1. The van der Waals surface area contributed by atoms with Crippen LogP contribution in [0.25, 0.3) is 0 Å². The van der Waals surface area contributed by atoms with Crippen LogP contribution in [0.5, 0.6) is 0 Å². The van der Waals surface area contributed by atoms with Crippen LogP contribution in [0.15, 0.2) is 54.6 Å². The highest BCUT2D eigenvalue weighted by atomic mass is 16.3. The van der Waals surface area contributed by atoms with Crippen molar-refractivity contribution in [2.75, 3.05) is 18.5 Å². The van der Waals surface area contributed by atoms with E-state index in [0.717, 1.165) is 37.9 Å². The topological polar surface area (TPSA) is 75.3 Å². The zero-order chi connectivity index (χ0) is 17.6. The Labute approximate surface area is 144 Å². The Bertz CT molecular complexity index is 585. The van der Waals surface area contributed by atoms with E-state index in [2.05, 4.69) is 24.4 Å². The van der Waals surface area contributed by atoms with Crippen molar-refractivity contribution < 1.29 is 9.90 Å². The lowest BCUT2D eigenvalue weighted by Gasteiger charge is -2.05. The molecule has 0 saturated carbocycles. The van der Waals surface area contributed by atoms with E-state index in [1.54, 1.807) is 0 Å². The molecule has 0 aliphatic carbocycles. The Balaban J connectivity index is 0.000000272. The number of hydrogen-bond acceptors (Lipinski definition) is 3. The van der Waals surface area contributed by atoms with Crippen LogP contribution in [-0.4, -0.2) is 24.2 Å². The van der Waals surface area contributed by atoms with Crippen molar-refractivity contribution in [3.8, 4) is 0 Å². The first kappa shape index (κ1) is 19.9. The number of nitrogens with one attached hydrogen (secondary N) is 1. The summed E-state index contributed by atoms with van der Waals surface area (Å²) in [5, 5.41) is 11.2. The molecule has 0 aliphatic rings. The number of rotatable bonds is 7. The number of anilines is 1. The van der Waals surface area contributed by atoms with E-state index >= 15 is 0 Å². The third kappa shape index (κ3) is 8.46. The van der Waals surface area contributed by atoms with Crippen LogP contribution < -0.4 is 11.1 Å². The highest BCUT2D eigenvalue weighted by Gasteiger charge is 2.00. The maximum atomic E-state index is 10.9. The van der Waals surface area contributed by atoms with Crippen molar-refractivity contribution >= 4 is 11.6 Å². The number of unbranched alkanes of at least 4 members (excludes halogenated alkanes) is 1. The van der Waals surface area contributed by atoms with Gasteiger partial charge in [-0.15, -0.1) is 0 Å². The number of amides is 1. The Hall–Kier alpha value is -2.17. The molecular formula is C20H28N2O2. The predicted octanol–water partition coefficient (Wildman–Crippen LogP) is 3.15. The van der Waals surface area contributed by atoms with Gasteiger partial charge in [-0.2, -0.15) is 0 Å². The first-order valence-corrected chi connectivity index (χ1v) is 8.43. The van der Waals surface area contributed by atoms with Gasteiger partial charge in [0.1, 0.15) is 6.61 Å². The predicted molar refractivity (Wildman–Crippen MR) is 100.0 cm³/mol. The zero-order valence-corrected chi connectivity index (χ0v) is 14.4. The van der Waals surface area contributed by atoms with E-state index in [1.807, 2.05) is 42.5 Å². The molecule has 0 aromatic heterocycles. The third-order valence-electron chi connectivity index (χ3n) is 3.45. The lowest BCUT2D eigenvalue weighted by Crippen LogP contribution is -2.15. The summed E-state index contributed by atoms with van der Waals surface area (Å²) in [5.74, 6) is -0.373. The van der Waals surface area contributed by atoms with Gasteiger partial charge in [-0.1, -0.05) is 55.8 Å². The van der Waals surface area contributed by atoms with Crippen molar-refractivity contribution in [3.05, 3.63) is 65.7 Å². The fourth-order valence-corrected chi connectivity index (χ4v) is 2.20. The van der Waals surface area contributed by atoms with Crippen LogP contribution in [0.3, 0.4) is 0 Å². The summed E-state index contributed by atoms with van der Waals surface area (Å²) >= 11 is 0. The zero-order valence-electron chi connectivity index (χ0n) is 14.4. The van der Waals surface area contributed by atoms with Crippen LogP contribution in [0.4, 0.5) is 5.69 Å². The lowest BCUT2D eigenvalue weighted by molar-refractivity contribution is -0.118. The molecule has 4 nitrogen and oxygen atoms in total. The molecular weight excluding hydrogens is 300 g/mol. The van der Waals surface area contributed by atoms with Gasteiger partial charge in [0.15, 0.2) is 0 Å². The molecule has 4 N–H and O–H groups in total. The van der Waals surface area contributed by atoms with Gasteiger partial charge >= 0.3 is 0 Å². The van der Waals surface area contributed by atoms with E-state index in [9.17, 15) is 4.79 Å². The second-order valence-electron chi connectivity index (χ2n) is 5.53. The summed E-state index contributed by atoms with van der Waals surface area (Å²) in [7, 11) is 0. The molecule has 0 aliphatic heterocycles. The molecule has 4 heteroatoms. The summed E-state index contributed by atoms with van der Waals surface area (Å²) < 4.78 is 0. The summed E-state index contributed by atoms with van der Waals surface area (Å²) in [5.41, 5.74) is 8.65. The molecule has 24 heavy (non-hydrogen) atoms. The molecule has 2 rings (SSSR count). The van der Waals surface area contributed by atoms with Gasteiger partial charge in [-0.05, 0) is 49.1 Å². The Kier molecular flexibility index (Phi) is 10.2. The van der Waals surface area contributed by atoms with Crippen molar-refractivity contribution in [2.24, 2.45) is 5.73 Å². The summed E-state index contributed by atoms with van der Waals surface area (Å²) in [6, 6.07) is 18.0. The molecule has 0 spiro atoms. The van der Waals surface area contributed by atoms with Gasteiger partial charge in [0.25, 0.3) is 0 Å². The minimum absolute atomic E-state index is 0.373. The summed E-state index contributed by atoms with van der Waals surface area (Å²) in [6.07, 6.45) is 4.32. The standard InChI is InChI=1S/C12H17NO2.C8H11N/c1-2-3-5-10-6-4-7-11(8-10)13-12(15)9-14;9-7-6-8-4-2-1-3-5-8/h4,6-8,14H,2-3,5,9H2,1H3,(H,13,15);1-5H,6-7,9H2. The first-order valence-electron chi connectivity index (χ1n) is 8.43. The molecule has 0 radical (unpaired) electrons. The number of carbonyl (C=O) groups excluding carboxylic acids is 1. The summed E-state index contributed by atoms with van der Waals surface area (Å²) in [6.45, 7) is 2.42. The lowest BCUT2D eigenvalue weighted by atomic mass is 10.1. The smallest absolute Gasteiger partial charge is 0.250 e. The first-order chi connectivity index (χ1) is 11.7. The number of aliphatic hydroxyl groups is 1. The van der Waals surface area contributed by atoms with Gasteiger partial charge in [0, 0.05) is 5.69 Å². The number of aryl methyl sites for hydroxylation is 1. The van der Waals surface area contributed by atoms with Gasteiger partial charge < -0.3 is 16.2 Å². The van der Waals surface area contributed by atoms with E-state index in [4.69, 9.17) is 10.8 Å². The molecule has 130 valence electrons. The van der Waals surface area contributed by atoms with Gasteiger partial charge in [-0.3, -0.25) is 4.79 Å². The van der Waals surface area contributed by atoms with Crippen molar-refractivity contribution in [3.63, 3.8) is 0 Å². The second-order valence-corrected chi connectivity index (χ2v) is 5.53. The Morgan fingerprint density at radius 1 is 1.04 bits per heavy atom. The van der Waals surface area contributed by atoms with Crippen LogP contribution in [0, 0.1) is 0 Å². The minimum atomic E-state index is -0.473. The minimum Gasteiger partial charge on any atom is -0.387 e. The van der Waals surface area contributed by atoms with Crippen LogP contribution >= 0.6 is 0 Å². The number of hydrogen-bond donors (Lipinski definition) is 3.